The van der Waals surface area contributed by atoms with Gasteiger partial charge in [-0.15, -0.1) is 5.10 Å². The normalized spacial score (nSPS) is 10.7. The highest BCUT2D eigenvalue weighted by Crippen LogP contribution is 2.18. The number of aromatic amines is 1. The minimum absolute atomic E-state index is 0.190. The first-order chi connectivity index (χ1) is 12.6. The van der Waals surface area contributed by atoms with Crippen molar-refractivity contribution in [1.82, 2.24) is 20.4 Å². The lowest BCUT2D eigenvalue weighted by Gasteiger charge is -2.07. The zero-order valence-corrected chi connectivity index (χ0v) is 14.9. The van der Waals surface area contributed by atoms with E-state index >= 15 is 0 Å². The summed E-state index contributed by atoms with van der Waals surface area (Å²) in [7, 11) is 1.31. The number of carbonyl (C=O) groups excluding carboxylic acids is 1. The van der Waals surface area contributed by atoms with Gasteiger partial charge < -0.3 is 13.9 Å². The van der Waals surface area contributed by atoms with Crippen molar-refractivity contribution in [3.8, 4) is 5.75 Å². The number of benzene rings is 1. The number of ether oxygens (including phenoxy) is 2. The highest BCUT2D eigenvalue weighted by atomic mass is 16.5. The number of aromatic nitrogens is 4. The average molecular weight is 356 g/mol. The molecule has 0 aliphatic carbocycles. The van der Waals surface area contributed by atoms with Gasteiger partial charge in [-0.1, -0.05) is 12.1 Å². The topological polar surface area (TPSA) is 103 Å². The molecule has 8 nitrogen and oxygen atoms in total. The first-order valence-electron chi connectivity index (χ1n) is 8.19. The van der Waals surface area contributed by atoms with Crippen LogP contribution >= 0.6 is 0 Å². The second-order valence-electron chi connectivity index (χ2n) is 5.77. The number of nitrogens with zero attached hydrogens (tertiary/aromatic N) is 3. The van der Waals surface area contributed by atoms with Gasteiger partial charge in [0.15, 0.2) is 11.6 Å². The largest absolute Gasteiger partial charge is 0.493 e. The van der Waals surface area contributed by atoms with Crippen molar-refractivity contribution in [3.05, 3.63) is 58.6 Å². The van der Waals surface area contributed by atoms with Crippen LogP contribution in [0, 0.1) is 13.8 Å². The Hall–Kier alpha value is -3.16. The molecular weight excluding hydrogens is 336 g/mol. The summed E-state index contributed by atoms with van der Waals surface area (Å²) in [5.74, 6) is 1.71. The Kier molecular flexibility index (Phi) is 5.31. The van der Waals surface area contributed by atoms with Crippen molar-refractivity contribution in [1.29, 1.82) is 0 Å². The molecular formula is C18H20N4O4. The molecule has 0 radical (unpaired) electrons. The summed E-state index contributed by atoms with van der Waals surface area (Å²) in [5.41, 5.74) is 2.58. The van der Waals surface area contributed by atoms with Crippen molar-refractivity contribution in [3.63, 3.8) is 0 Å². The molecule has 3 aromatic rings. The van der Waals surface area contributed by atoms with E-state index in [1.54, 1.807) is 0 Å². The zero-order chi connectivity index (χ0) is 18.5. The fourth-order valence-corrected chi connectivity index (χ4v) is 2.64. The molecule has 3 rings (SSSR count). The summed E-state index contributed by atoms with van der Waals surface area (Å²) < 4.78 is 15.9. The van der Waals surface area contributed by atoms with Crippen molar-refractivity contribution < 1.29 is 18.7 Å². The molecule has 2 heterocycles. The van der Waals surface area contributed by atoms with E-state index in [4.69, 9.17) is 13.9 Å². The molecule has 1 aromatic carbocycles. The minimum Gasteiger partial charge on any atom is -0.493 e. The fraction of sp³-hybridized carbons (Fsp3) is 0.333. The third kappa shape index (κ3) is 4.08. The van der Waals surface area contributed by atoms with Gasteiger partial charge in [-0.2, -0.15) is 10.3 Å². The van der Waals surface area contributed by atoms with E-state index < -0.39 is 5.97 Å². The Balaban J connectivity index is 1.62. The maximum Gasteiger partial charge on any atom is 0.360 e. The highest BCUT2D eigenvalue weighted by molar-refractivity contribution is 5.88. The standard InChI is InChI=1S/C18H20N4O4/c1-11-15(19-12(2)26-11)7-8-25-14-6-4-5-13(9-14)10-16-17(18(23)24-3)21-22-20-16/h4-6,9H,7-8,10H2,1-3H3,(H,20,21,22). The predicted molar refractivity (Wildman–Crippen MR) is 92.1 cm³/mol. The molecule has 2 aromatic heterocycles. The maximum absolute atomic E-state index is 11.7. The van der Waals surface area contributed by atoms with E-state index in [-0.39, 0.29) is 5.69 Å². The third-order valence-electron chi connectivity index (χ3n) is 3.88. The zero-order valence-electron chi connectivity index (χ0n) is 14.9. The van der Waals surface area contributed by atoms with Gasteiger partial charge in [-0.3, -0.25) is 0 Å². The van der Waals surface area contributed by atoms with E-state index in [0.29, 0.717) is 31.0 Å². The average Bonchev–Trinajstić information content (AvgIpc) is 3.21. The first kappa shape index (κ1) is 17.7. The summed E-state index contributed by atoms with van der Waals surface area (Å²) in [6.07, 6.45) is 1.11. The van der Waals surface area contributed by atoms with Crippen LogP contribution in [-0.2, 0) is 17.6 Å². The number of carbonyl (C=O) groups is 1. The van der Waals surface area contributed by atoms with Crippen LogP contribution in [0.5, 0.6) is 5.75 Å². The molecule has 1 N–H and O–H groups in total. The van der Waals surface area contributed by atoms with E-state index in [1.807, 2.05) is 38.1 Å². The van der Waals surface area contributed by atoms with Gasteiger partial charge in [0, 0.05) is 19.8 Å². The van der Waals surface area contributed by atoms with Crippen molar-refractivity contribution in [2.45, 2.75) is 26.7 Å². The predicted octanol–water partition coefficient (Wildman–Crippen LogP) is 2.41. The molecule has 136 valence electrons. The van der Waals surface area contributed by atoms with Crippen LogP contribution in [0.15, 0.2) is 28.7 Å². The third-order valence-corrected chi connectivity index (χ3v) is 3.88. The van der Waals surface area contributed by atoms with E-state index in [1.165, 1.54) is 7.11 Å². The Morgan fingerprint density at radius 3 is 2.81 bits per heavy atom. The molecule has 0 saturated carbocycles. The van der Waals surface area contributed by atoms with Gasteiger partial charge in [-0.25, -0.2) is 9.78 Å². The van der Waals surface area contributed by atoms with Crippen LogP contribution in [0.4, 0.5) is 0 Å². The highest BCUT2D eigenvalue weighted by Gasteiger charge is 2.17. The van der Waals surface area contributed by atoms with Gasteiger partial charge in [0.1, 0.15) is 17.2 Å². The lowest BCUT2D eigenvalue weighted by atomic mass is 10.1. The van der Waals surface area contributed by atoms with Gasteiger partial charge in [0.25, 0.3) is 0 Å². The maximum atomic E-state index is 11.7. The Bertz CT molecular complexity index is 900. The monoisotopic (exact) mass is 356 g/mol. The molecule has 0 aliphatic rings. The Morgan fingerprint density at radius 2 is 2.08 bits per heavy atom. The van der Waals surface area contributed by atoms with Gasteiger partial charge >= 0.3 is 5.97 Å². The number of rotatable bonds is 7. The van der Waals surface area contributed by atoms with Crippen LogP contribution in [0.1, 0.15) is 39.1 Å². The van der Waals surface area contributed by atoms with E-state index in [0.717, 1.165) is 22.8 Å². The van der Waals surface area contributed by atoms with Gasteiger partial charge in [-0.05, 0) is 24.6 Å². The minimum atomic E-state index is -0.514. The van der Waals surface area contributed by atoms with Crippen LogP contribution < -0.4 is 4.74 Å². The van der Waals surface area contributed by atoms with Crippen LogP contribution in [-0.4, -0.2) is 40.1 Å². The molecule has 8 heteroatoms. The molecule has 0 bridgehead atoms. The van der Waals surface area contributed by atoms with Crippen molar-refractivity contribution >= 4 is 5.97 Å². The van der Waals surface area contributed by atoms with Crippen LogP contribution in [0.25, 0.3) is 0 Å². The molecule has 0 amide bonds. The van der Waals surface area contributed by atoms with Crippen LogP contribution in [0.3, 0.4) is 0 Å². The molecule has 0 saturated heterocycles. The number of hydrogen-bond donors (Lipinski definition) is 1. The number of hydrogen-bond acceptors (Lipinski definition) is 7. The molecule has 0 fully saturated rings. The Labute approximate surface area is 150 Å². The lowest BCUT2D eigenvalue weighted by Crippen LogP contribution is -2.06. The van der Waals surface area contributed by atoms with E-state index in [9.17, 15) is 4.79 Å². The smallest absolute Gasteiger partial charge is 0.360 e. The molecule has 0 atom stereocenters. The molecule has 0 spiro atoms. The summed E-state index contributed by atoms with van der Waals surface area (Å²) >= 11 is 0. The number of aryl methyl sites for hydroxylation is 2. The molecule has 0 aliphatic heterocycles. The van der Waals surface area contributed by atoms with Gasteiger partial charge in [0.05, 0.1) is 19.4 Å². The second-order valence-corrected chi connectivity index (χ2v) is 5.77. The Morgan fingerprint density at radius 1 is 1.23 bits per heavy atom. The number of nitrogens with one attached hydrogen (secondary N) is 1. The first-order valence-corrected chi connectivity index (χ1v) is 8.19. The van der Waals surface area contributed by atoms with E-state index in [2.05, 4.69) is 20.4 Å². The number of oxazole rings is 1. The van der Waals surface area contributed by atoms with Gasteiger partial charge in [0.2, 0.25) is 0 Å². The number of esters is 1. The van der Waals surface area contributed by atoms with Crippen molar-refractivity contribution in [2.75, 3.05) is 13.7 Å². The molecule has 26 heavy (non-hydrogen) atoms. The quantitative estimate of drug-likeness (QED) is 0.648. The summed E-state index contributed by atoms with van der Waals surface area (Å²) in [6.45, 7) is 4.22. The lowest BCUT2D eigenvalue weighted by molar-refractivity contribution is 0.0593. The summed E-state index contributed by atoms with van der Waals surface area (Å²) in [5, 5.41) is 10.3. The number of methoxy groups -OCH3 is 1. The van der Waals surface area contributed by atoms with Crippen LogP contribution in [0.2, 0.25) is 0 Å². The summed E-state index contributed by atoms with van der Waals surface area (Å²) in [4.78, 5) is 16.0. The second kappa shape index (κ2) is 7.81. The fourth-order valence-electron chi connectivity index (χ4n) is 2.64. The number of H-pyrrole nitrogens is 1. The summed E-state index contributed by atoms with van der Waals surface area (Å²) in [6, 6.07) is 7.63. The molecule has 0 unspecified atom stereocenters. The SMILES string of the molecule is COC(=O)c1n[nH]nc1Cc1cccc(OCCc2nc(C)oc2C)c1. The van der Waals surface area contributed by atoms with Crippen molar-refractivity contribution in [2.24, 2.45) is 0 Å².